The van der Waals surface area contributed by atoms with Crippen molar-refractivity contribution in [1.82, 2.24) is 4.57 Å². The number of hydrogen-bond donors (Lipinski definition) is 1. The molecule has 1 aromatic heterocycles. The van der Waals surface area contributed by atoms with Crippen molar-refractivity contribution < 1.29 is 9.90 Å². The molecule has 0 amide bonds. The van der Waals surface area contributed by atoms with Gasteiger partial charge in [0.15, 0.2) is 0 Å². The maximum absolute atomic E-state index is 10.5. The van der Waals surface area contributed by atoms with Crippen molar-refractivity contribution in [2.24, 2.45) is 7.05 Å². The molecule has 1 aromatic carbocycles. The largest absolute Gasteiger partial charge is 0.481 e. The number of nitrogens with zero attached hydrogens (tertiary/aromatic N) is 1. The van der Waals surface area contributed by atoms with E-state index in [0.29, 0.717) is 6.42 Å². The third kappa shape index (κ3) is 1.86. The Balaban J connectivity index is 2.38. The van der Waals surface area contributed by atoms with E-state index in [1.165, 1.54) is 0 Å². The molecule has 0 aliphatic rings. The topological polar surface area (TPSA) is 42.2 Å². The molecule has 0 radical (unpaired) electrons. The third-order valence-electron chi connectivity index (χ3n) is 2.63. The van der Waals surface area contributed by atoms with Crippen LogP contribution in [0.25, 0.3) is 10.9 Å². The molecule has 0 atom stereocenters. The van der Waals surface area contributed by atoms with Crippen LogP contribution in [0.1, 0.15) is 12.0 Å². The molecule has 1 N–H and O–H groups in total. The molecule has 2 aromatic rings. The van der Waals surface area contributed by atoms with E-state index in [9.17, 15) is 4.79 Å². The number of aryl methyl sites for hydroxylation is 2. The van der Waals surface area contributed by atoms with Gasteiger partial charge in [-0.2, -0.15) is 0 Å². The summed E-state index contributed by atoms with van der Waals surface area (Å²) in [5.41, 5.74) is 2.26. The summed E-state index contributed by atoms with van der Waals surface area (Å²) in [7, 11) is 1.99. The van der Waals surface area contributed by atoms with Crippen LogP contribution in [0.5, 0.6) is 0 Å². The number of carboxylic acid groups (broad SMARTS) is 1. The molecule has 0 aliphatic heterocycles. The summed E-state index contributed by atoms with van der Waals surface area (Å²) >= 11 is 0. The van der Waals surface area contributed by atoms with Gasteiger partial charge < -0.3 is 9.67 Å². The summed E-state index contributed by atoms with van der Waals surface area (Å²) in [5.74, 6) is -0.747. The van der Waals surface area contributed by atoms with Crippen molar-refractivity contribution in [3.8, 4) is 0 Å². The Morgan fingerprint density at radius 2 is 2.20 bits per heavy atom. The van der Waals surface area contributed by atoms with Gasteiger partial charge in [-0.1, -0.05) is 12.1 Å². The molecule has 78 valence electrons. The van der Waals surface area contributed by atoms with Gasteiger partial charge in [0.05, 0.1) is 0 Å². The number of aromatic nitrogens is 1. The van der Waals surface area contributed by atoms with Crippen molar-refractivity contribution in [3.05, 3.63) is 36.0 Å². The Morgan fingerprint density at radius 1 is 1.40 bits per heavy atom. The van der Waals surface area contributed by atoms with Crippen LogP contribution in [0, 0.1) is 0 Å². The predicted molar refractivity (Wildman–Crippen MR) is 58.9 cm³/mol. The molecule has 0 unspecified atom stereocenters. The molecule has 3 heteroatoms. The van der Waals surface area contributed by atoms with E-state index in [1.807, 2.05) is 42.1 Å². The standard InChI is InChI=1S/C12H13NO2/c1-13-8-7-10-9(5-6-12(14)15)3-2-4-11(10)13/h2-4,7-8H,5-6H2,1H3,(H,14,15). The summed E-state index contributed by atoms with van der Waals surface area (Å²) in [6.45, 7) is 0. The first-order chi connectivity index (χ1) is 7.18. The molecule has 3 nitrogen and oxygen atoms in total. The predicted octanol–water partition coefficient (Wildman–Crippen LogP) is 2.20. The lowest BCUT2D eigenvalue weighted by atomic mass is 10.1. The zero-order valence-electron chi connectivity index (χ0n) is 8.60. The van der Waals surface area contributed by atoms with Crippen LogP contribution in [-0.4, -0.2) is 15.6 Å². The van der Waals surface area contributed by atoms with Crippen LogP contribution >= 0.6 is 0 Å². The van der Waals surface area contributed by atoms with Gasteiger partial charge in [-0.05, 0) is 24.1 Å². The smallest absolute Gasteiger partial charge is 0.303 e. The second kappa shape index (κ2) is 3.77. The van der Waals surface area contributed by atoms with Crippen LogP contribution in [0.4, 0.5) is 0 Å². The van der Waals surface area contributed by atoms with Gasteiger partial charge in [0.2, 0.25) is 0 Å². The fourth-order valence-electron chi connectivity index (χ4n) is 1.83. The molecule has 2 rings (SSSR count). The Bertz CT molecular complexity index is 499. The Morgan fingerprint density at radius 3 is 2.93 bits per heavy atom. The molecule has 0 aliphatic carbocycles. The molecular weight excluding hydrogens is 190 g/mol. The van der Waals surface area contributed by atoms with E-state index in [1.54, 1.807) is 0 Å². The lowest BCUT2D eigenvalue weighted by Crippen LogP contribution is -1.97. The lowest BCUT2D eigenvalue weighted by Gasteiger charge is -2.02. The van der Waals surface area contributed by atoms with Crippen molar-refractivity contribution in [2.45, 2.75) is 12.8 Å². The van der Waals surface area contributed by atoms with E-state index in [0.717, 1.165) is 16.5 Å². The molecular formula is C12H13NO2. The number of aliphatic carboxylic acids is 1. The van der Waals surface area contributed by atoms with Crippen LogP contribution in [0.15, 0.2) is 30.5 Å². The van der Waals surface area contributed by atoms with Gasteiger partial charge in [0, 0.05) is 30.6 Å². The van der Waals surface area contributed by atoms with E-state index in [-0.39, 0.29) is 6.42 Å². The van der Waals surface area contributed by atoms with E-state index in [4.69, 9.17) is 5.11 Å². The summed E-state index contributed by atoms with van der Waals surface area (Å²) < 4.78 is 2.04. The number of carbonyl (C=O) groups is 1. The maximum Gasteiger partial charge on any atom is 0.303 e. The number of rotatable bonds is 3. The van der Waals surface area contributed by atoms with Crippen LogP contribution in [-0.2, 0) is 18.3 Å². The summed E-state index contributed by atoms with van der Waals surface area (Å²) in [6, 6.07) is 8.04. The highest BCUT2D eigenvalue weighted by Gasteiger charge is 2.05. The number of hydrogen-bond acceptors (Lipinski definition) is 1. The summed E-state index contributed by atoms with van der Waals surface area (Å²) in [6.07, 6.45) is 2.78. The number of benzene rings is 1. The molecule has 0 bridgehead atoms. The minimum atomic E-state index is -0.747. The second-order valence-electron chi connectivity index (χ2n) is 3.67. The van der Waals surface area contributed by atoms with Crippen molar-refractivity contribution in [1.29, 1.82) is 0 Å². The Hall–Kier alpha value is -1.77. The molecule has 0 fully saturated rings. The Kier molecular flexibility index (Phi) is 2.46. The van der Waals surface area contributed by atoms with Crippen LogP contribution in [0.2, 0.25) is 0 Å². The monoisotopic (exact) mass is 203 g/mol. The van der Waals surface area contributed by atoms with Crippen LogP contribution < -0.4 is 0 Å². The molecule has 15 heavy (non-hydrogen) atoms. The fraction of sp³-hybridized carbons (Fsp3) is 0.250. The average Bonchev–Trinajstić information content (AvgIpc) is 2.58. The quantitative estimate of drug-likeness (QED) is 0.830. The highest BCUT2D eigenvalue weighted by Crippen LogP contribution is 2.20. The van der Waals surface area contributed by atoms with Gasteiger partial charge in [-0.15, -0.1) is 0 Å². The highest BCUT2D eigenvalue weighted by atomic mass is 16.4. The minimum Gasteiger partial charge on any atom is -0.481 e. The van der Waals surface area contributed by atoms with Gasteiger partial charge in [0.1, 0.15) is 0 Å². The first-order valence-corrected chi connectivity index (χ1v) is 4.93. The van der Waals surface area contributed by atoms with Gasteiger partial charge in [0.25, 0.3) is 0 Å². The third-order valence-corrected chi connectivity index (χ3v) is 2.63. The van der Waals surface area contributed by atoms with Crippen molar-refractivity contribution >= 4 is 16.9 Å². The second-order valence-corrected chi connectivity index (χ2v) is 3.67. The van der Waals surface area contributed by atoms with Crippen molar-refractivity contribution in [3.63, 3.8) is 0 Å². The SMILES string of the molecule is Cn1ccc2c(CCC(=O)O)cccc21. The van der Waals surface area contributed by atoms with Crippen molar-refractivity contribution in [2.75, 3.05) is 0 Å². The van der Waals surface area contributed by atoms with E-state index in [2.05, 4.69) is 0 Å². The molecule has 0 spiro atoms. The maximum atomic E-state index is 10.5. The molecule has 0 saturated carbocycles. The van der Waals surface area contributed by atoms with E-state index < -0.39 is 5.97 Å². The molecule has 0 saturated heterocycles. The summed E-state index contributed by atoms with van der Waals surface area (Å²) in [4.78, 5) is 10.5. The lowest BCUT2D eigenvalue weighted by molar-refractivity contribution is -0.136. The fourth-order valence-corrected chi connectivity index (χ4v) is 1.83. The first-order valence-electron chi connectivity index (χ1n) is 4.93. The van der Waals surface area contributed by atoms with Gasteiger partial charge in [-0.3, -0.25) is 4.79 Å². The zero-order chi connectivity index (χ0) is 10.8. The minimum absolute atomic E-state index is 0.188. The van der Waals surface area contributed by atoms with Gasteiger partial charge >= 0.3 is 5.97 Å². The Labute approximate surface area is 87.9 Å². The number of carboxylic acids is 1. The highest BCUT2D eigenvalue weighted by molar-refractivity contribution is 5.84. The number of fused-ring (bicyclic) bond motifs is 1. The average molecular weight is 203 g/mol. The normalized spacial score (nSPS) is 10.7. The zero-order valence-corrected chi connectivity index (χ0v) is 8.60. The van der Waals surface area contributed by atoms with Gasteiger partial charge in [-0.25, -0.2) is 0 Å². The molecule has 1 heterocycles. The van der Waals surface area contributed by atoms with Crippen LogP contribution in [0.3, 0.4) is 0 Å². The summed E-state index contributed by atoms with van der Waals surface area (Å²) in [5, 5.41) is 9.80. The first kappa shape index (κ1) is 9.77. The van der Waals surface area contributed by atoms with E-state index >= 15 is 0 Å².